The number of aromatic carboxylic acids is 1. The van der Waals surface area contributed by atoms with Gasteiger partial charge in [-0.1, -0.05) is 12.1 Å². The van der Waals surface area contributed by atoms with Crippen molar-refractivity contribution < 1.29 is 19.4 Å². The minimum absolute atomic E-state index is 0.0821. The lowest BCUT2D eigenvalue weighted by molar-refractivity contribution is -0.121. The zero-order valence-electron chi connectivity index (χ0n) is 11.1. The summed E-state index contributed by atoms with van der Waals surface area (Å²) in [4.78, 5) is 24.2. The Balaban J connectivity index is 1.82. The number of rotatable bonds is 6. The van der Waals surface area contributed by atoms with E-state index in [9.17, 15) is 9.59 Å². The summed E-state index contributed by atoms with van der Waals surface area (Å²) in [5.41, 5.74) is 5.43. The van der Waals surface area contributed by atoms with Crippen molar-refractivity contribution in [2.24, 2.45) is 11.7 Å². The summed E-state index contributed by atoms with van der Waals surface area (Å²) in [6.45, 7) is 2.50. The van der Waals surface area contributed by atoms with E-state index in [1.165, 1.54) is 6.07 Å². The van der Waals surface area contributed by atoms with E-state index in [0.29, 0.717) is 25.4 Å². The number of primary amides is 1. The van der Waals surface area contributed by atoms with Gasteiger partial charge in [-0.2, -0.15) is 0 Å². The summed E-state index contributed by atoms with van der Waals surface area (Å²) in [5.74, 6) is -0.979. The van der Waals surface area contributed by atoms with E-state index < -0.39 is 5.97 Å². The number of carbonyl (C=O) groups excluding carboxylic acids is 1. The number of hydrogen-bond acceptors (Lipinski definition) is 4. The second-order valence-corrected chi connectivity index (χ2v) is 4.84. The maximum atomic E-state index is 11.1. The number of benzene rings is 1. The van der Waals surface area contributed by atoms with E-state index in [0.717, 1.165) is 13.0 Å². The van der Waals surface area contributed by atoms with Crippen molar-refractivity contribution in [1.82, 2.24) is 4.90 Å². The summed E-state index contributed by atoms with van der Waals surface area (Å²) in [7, 11) is 0. The van der Waals surface area contributed by atoms with Gasteiger partial charge in [0.25, 0.3) is 0 Å². The molecule has 1 saturated heterocycles. The van der Waals surface area contributed by atoms with Crippen LogP contribution in [0.5, 0.6) is 5.75 Å². The largest absolute Gasteiger partial charge is 0.491 e. The molecule has 20 heavy (non-hydrogen) atoms. The summed E-state index contributed by atoms with van der Waals surface area (Å²) in [5, 5.41) is 9.03. The molecule has 1 amide bonds. The lowest BCUT2D eigenvalue weighted by Crippen LogP contribution is -2.30. The smallest absolute Gasteiger partial charge is 0.339 e. The second kappa shape index (κ2) is 6.38. The van der Waals surface area contributed by atoms with Gasteiger partial charge in [-0.25, -0.2) is 4.79 Å². The van der Waals surface area contributed by atoms with Gasteiger partial charge in [0.1, 0.15) is 17.9 Å². The van der Waals surface area contributed by atoms with E-state index >= 15 is 0 Å². The zero-order chi connectivity index (χ0) is 14.5. The Morgan fingerprint density at radius 1 is 1.40 bits per heavy atom. The quantitative estimate of drug-likeness (QED) is 0.793. The molecule has 1 fully saturated rings. The molecule has 0 aliphatic carbocycles. The lowest BCUT2D eigenvalue weighted by Gasteiger charge is -2.16. The fraction of sp³-hybridized carbons (Fsp3) is 0.429. The van der Waals surface area contributed by atoms with Crippen molar-refractivity contribution in [3.8, 4) is 5.75 Å². The molecule has 1 aliphatic rings. The molecule has 3 N–H and O–H groups in total. The lowest BCUT2D eigenvalue weighted by atomic mass is 10.1. The first kappa shape index (κ1) is 14.3. The van der Waals surface area contributed by atoms with E-state index in [1.54, 1.807) is 18.2 Å². The summed E-state index contributed by atoms with van der Waals surface area (Å²) >= 11 is 0. The molecule has 1 unspecified atom stereocenters. The van der Waals surface area contributed by atoms with Gasteiger partial charge in [-0.3, -0.25) is 9.69 Å². The van der Waals surface area contributed by atoms with Gasteiger partial charge >= 0.3 is 5.97 Å². The van der Waals surface area contributed by atoms with Gasteiger partial charge in [0.05, 0.1) is 5.92 Å². The molecule has 6 heteroatoms. The maximum Gasteiger partial charge on any atom is 0.339 e. The second-order valence-electron chi connectivity index (χ2n) is 4.84. The van der Waals surface area contributed by atoms with Crippen LogP contribution in [0, 0.1) is 5.92 Å². The Bertz CT molecular complexity index is 504. The van der Waals surface area contributed by atoms with Crippen LogP contribution in [-0.4, -0.2) is 48.1 Å². The monoisotopic (exact) mass is 278 g/mol. The molecule has 0 spiro atoms. The van der Waals surface area contributed by atoms with Crippen LogP contribution in [0.2, 0.25) is 0 Å². The van der Waals surface area contributed by atoms with Crippen molar-refractivity contribution in [3.05, 3.63) is 29.8 Å². The molecular weight excluding hydrogens is 260 g/mol. The number of nitrogens with two attached hydrogens (primary N) is 1. The third kappa shape index (κ3) is 3.48. The summed E-state index contributed by atoms with van der Waals surface area (Å²) in [6.07, 6.45) is 0.779. The Kier molecular flexibility index (Phi) is 4.57. The van der Waals surface area contributed by atoms with Crippen LogP contribution < -0.4 is 10.5 Å². The predicted octanol–water partition coefficient (Wildman–Crippen LogP) is 0.571. The zero-order valence-corrected chi connectivity index (χ0v) is 11.1. The van der Waals surface area contributed by atoms with Gasteiger partial charge in [-0.15, -0.1) is 0 Å². The van der Waals surface area contributed by atoms with Gasteiger partial charge < -0.3 is 15.6 Å². The number of nitrogens with zero attached hydrogens (tertiary/aromatic N) is 1. The van der Waals surface area contributed by atoms with Gasteiger partial charge in [0.15, 0.2) is 0 Å². The third-order valence-corrected chi connectivity index (χ3v) is 3.46. The van der Waals surface area contributed by atoms with Crippen LogP contribution in [0.25, 0.3) is 0 Å². The van der Waals surface area contributed by atoms with E-state index in [1.807, 2.05) is 0 Å². The first-order valence-corrected chi connectivity index (χ1v) is 6.54. The van der Waals surface area contributed by atoms with Crippen LogP contribution in [0.1, 0.15) is 16.8 Å². The molecular formula is C14H18N2O4. The molecule has 1 atom stereocenters. The Morgan fingerprint density at radius 3 is 2.80 bits per heavy atom. The van der Waals surface area contributed by atoms with Gasteiger partial charge in [0.2, 0.25) is 5.91 Å². The summed E-state index contributed by atoms with van der Waals surface area (Å²) in [6, 6.07) is 6.55. The van der Waals surface area contributed by atoms with E-state index in [4.69, 9.17) is 15.6 Å². The van der Waals surface area contributed by atoms with Crippen LogP contribution in [0.4, 0.5) is 0 Å². The number of ether oxygens (including phenoxy) is 1. The third-order valence-electron chi connectivity index (χ3n) is 3.46. The molecule has 6 nitrogen and oxygen atoms in total. The number of carbonyl (C=O) groups is 2. The van der Waals surface area contributed by atoms with Crippen LogP contribution in [0.3, 0.4) is 0 Å². The van der Waals surface area contributed by atoms with Crippen LogP contribution in [0.15, 0.2) is 24.3 Å². The average molecular weight is 278 g/mol. The first-order chi connectivity index (χ1) is 9.58. The van der Waals surface area contributed by atoms with Crippen molar-refractivity contribution in [2.45, 2.75) is 6.42 Å². The molecule has 2 rings (SSSR count). The number of likely N-dealkylation sites (tertiary alicyclic amines) is 1. The highest BCUT2D eigenvalue weighted by molar-refractivity contribution is 5.90. The molecule has 1 aromatic rings. The fourth-order valence-corrected chi connectivity index (χ4v) is 2.32. The molecule has 1 aliphatic heterocycles. The molecule has 0 aromatic heterocycles. The molecule has 0 radical (unpaired) electrons. The van der Waals surface area contributed by atoms with Crippen LogP contribution >= 0.6 is 0 Å². The van der Waals surface area contributed by atoms with Crippen molar-refractivity contribution in [2.75, 3.05) is 26.2 Å². The number of amides is 1. The Morgan fingerprint density at radius 2 is 2.15 bits per heavy atom. The topological polar surface area (TPSA) is 92.9 Å². The number of hydrogen-bond donors (Lipinski definition) is 2. The van der Waals surface area contributed by atoms with E-state index in [-0.39, 0.29) is 17.4 Å². The average Bonchev–Trinajstić information content (AvgIpc) is 2.88. The summed E-state index contributed by atoms with van der Waals surface area (Å²) < 4.78 is 5.52. The van der Waals surface area contributed by atoms with Crippen molar-refractivity contribution in [3.63, 3.8) is 0 Å². The Hall–Kier alpha value is -2.08. The van der Waals surface area contributed by atoms with Crippen molar-refractivity contribution in [1.29, 1.82) is 0 Å². The first-order valence-electron chi connectivity index (χ1n) is 6.54. The molecule has 1 heterocycles. The van der Waals surface area contributed by atoms with E-state index in [2.05, 4.69) is 4.90 Å². The van der Waals surface area contributed by atoms with Crippen LogP contribution in [-0.2, 0) is 4.79 Å². The van der Waals surface area contributed by atoms with Gasteiger partial charge in [-0.05, 0) is 25.1 Å². The molecule has 108 valence electrons. The van der Waals surface area contributed by atoms with Crippen molar-refractivity contribution >= 4 is 11.9 Å². The highest BCUT2D eigenvalue weighted by Gasteiger charge is 2.26. The highest BCUT2D eigenvalue weighted by atomic mass is 16.5. The normalized spacial score (nSPS) is 18.9. The fourth-order valence-electron chi connectivity index (χ4n) is 2.32. The van der Waals surface area contributed by atoms with Gasteiger partial charge in [0, 0.05) is 13.1 Å². The number of carboxylic acid groups (broad SMARTS) is 1. The maximum absolute atomic E-state index is 11.1. The number of carboxylic acids is 1. The highest BCUT2D eigenvalue weighted by Crippen LogP contribution is 2.19. The standard InChI is InChI=1S/C14H18N2O4/c15-13(17)10-5-6-16(9-10)7-8-20-12-4-2-1-3-11(12)14(18)19/h1-4,10H,5-9H2,(H2,15,17)(H,18,19). The predicted molar refractivity (Wildman–Crippen MR) is 72.6 cm³/mol. The molecule has 1 aromatic carbocycles. The minimum atomic E-state index is -1.00. The minimum Gasteiger partial charge on any atom is -0.491 e. The number of para-hydroxylation sites is 1. The SMILES string of the molecule is NC(=O)C1CCN(CCOc2ccccc2C(=O)O)C1. The Labute approximate surface area is 117 Å². The molecule has 0 bridgehead atoms. The molecule has 0 saturated carbocycles.